The van der Waals surface area contributed by atoms with Crippen molar-refractivity contribution in [2.75, 3.05) is 11.9 Å². The SMILES string of the molecule is Cc1c(CC(=O)O)c(-c2ccc(Cl)cc2)c2cc(C)n3c2c1N(C)C(c1ccccc1)C3. The Morgan fingerprint density at radius 1 is 1.09 bits per heavy atom. The second kappa shape index (κ2) is 7.72. The number of carboxylic acids is 1. The molecule has 0 aliphatic carbocycles. The number of aliphatic carboxylic acids is 1. The smallest absolute Gasteiger partial charge is 0.307 e. The Hall–Kier alpha value is -3.24. The molecule has 1 aliphatic rings. The van der Waals surface area contributed by atoms with Crippen molar-refractivity contribution in [2.24, 2.45) is 0 Å². The van der Waals surface area contributed by atoms with Crippen LogP contribution >= 0.6 is 11.6 Å². The number of benzene rings is 3. The van der Waals surface area contributed by atoms with Crippen LogP contribution in [0.15, 0.2) is 60.7 Å². The fraction of sp³-hybridized carbons (Fsp3) is 0.222. The Morgan fingerprint density at radius 2 is 1.78 bits per heavy atom. The van der Waals surface area contributed by atoms with Gasteiger partial charge in [0.05, 0.1) is 23.7 Å². The van der Waals surface area contributed by atoms with Crippen LogP contribution in [0.2, 0.25) is 5.02 Å². The molecule has 1 unspecified atom stereocenters. The lowest BCUT2D eigenvalue weighted by atomic mass is 9.88. The van der Waals surface area contributed by atoms with E-state index >= 15 is 0 Å². The first-order valence-electron chi connectivity index (χ1n) is 10.8. The highest BCUT2D eigenvalue weighted by atomic mass is 35.5. The highest BCUT2D eigenvalue weighted by molar-refractivity contribution is 6.30. The van der Waals surface area contributed by atoms with E-state index in [0.29, 0.717) is 5.02 Å². The zero-order valence-corrected chi connectivity index (χ0v) is 19.1. The number of halogens is 1. The molecule has 162 valence electrons. The molecule has 0 saturated carbocycles. The van der Waals surface area contributed by atoms with Crippen molar-refractivity contribution in [3.8, 4) is 11.1 Å². The predicted octanol–water partition coefficient (Wildman–Crippen LogP) is 6.40. The molecule has 3 aromatic carbocycles. The molecular formula is C27H25ClN2O2. The maximum atomic E-state index is 11.9. The number of aromatic nitrogens is 1. The summed E-state index contributed by atoms with van der Waals surface area (Å²) in [5.41, 5.74) is 8.59. The Balaban J connectivity index is 1.83. The zero-order chi connectivity index (χ0) is 22.6. The normalized spacial score (nSPS) is 15.4. The van der Waals surface area contributed by atoms with Gasteiger partial charge >= 0.3 is 5.97 Å². The third-order valence-electron chi connectivity index (χ3n) is 6.73. The fourth-order valence-electron chi connectivity index (χ4n) is 5.23. The molecule has 1 atom stereocenters. The van der Waals surface area contributed by atoms with E-state index in [-0.39, 0.29) is 12.5 Å². The quantitative estimate of drug-likeness (QED) is 0.396. The van der Waals surface area contributed by atoms with Gasteiger partial charge in [-0.15, -0.1) is 0 Å². The van der Waals surface area contributed by atoms with Crippen molar-refractivity contribution < 1.29 is 9.90 Å². The van der Waals surface area contributed by atoms with Gasteiger partial charge < -0.3 is 14.6 Å². The first kappa shape index (κ1) is 20.7. The number of hydrogen-bond donors (Lipinski definition) is 1. The van der Waals surface area contributed by atoms with Crippen molar-refractivity contribution in [1.82, 2.24) is 4.57 Å². The van der Waals surface area contributed by atoms with E-state index in [1.54, 1.807) is 0 Å². The van der Waals surface area contributed by atoms with E-state index in [1.807, 2.05) is 30.3 Å². The number of carbonyl (C=O) groups is 1. The molecule has 2 heterocycles. The molecule has 5 heteroatoms. The van der Waals surface area contributed by atoms with Crippen LogP contribution in [0.4, 0.5) is 5.69 Å². The Kier molecular flexibility index (Phi) is 4.98. The minimum absolute atomic E-state index is 0.0270. The minimum atomic E-state index is -0.830. The lowest BCUT2D eigenvalue weighted by Gasteiger charge is -2.38. The van der Waals surface area contributed by atoms with Gasteiger partial charge in [-0.25, -0.2) is 0 Å². The molecule has 4 nitrogen and oxygen atoms in total. The number of rotatable bonds is 4. The summed E-state index contributed by atoms with van der Waals surface area (Å²) in [5, 5.41) is 11.5. The Morgan fingerprint density at radius 3 is 2.44 bits per heavy atom. The average molecular weight is 445 g/mol. The van der Waals surface area contributed by atoms with Crippen LogP contribution in [-0.4, -0.2) is 22.7 Å². The van der Waals surface area contributed by atoms with Crippen LogP contribution in [-0.2, 0) is 17.8 Å². The zero-order valence-electron chi connectivity index (χ0n) is 18.4. The van der Waals surface area contributed by atoms with Gasteiger partial charge in [0.15, 0.2) is 0 Å². The van der Waals surface area contributed by atoms with Crippen LogP contribution in [0.5, 0.6) is 0 Å². The summed E-state index contributed by atoms with van der Waals surface area (Å²) in [6.45, 7) is 5.04. The molecule has 5 rings (SSSR count). The molecule has 0 amide bonds. The van der Waals surface area contributed by atoms with Gasteiger partial charge in [-0.3, -0.25) is 4.79 Å². The van der Waals surface area contributed by atoms with Gasteiger partial charge in [-0.1, -0.05) is 54.1 Å². The van der Waals surface area contributed by atoms with E-state index in [4.69, 9.17) is 11.6 Å². The summed E-state index contributed by atoms with van der Waals surface area (Å²) in [4.78, 5) is 14.2. The summed E-state index contributed by atoms with van der Waals surface area (Å²) in [5.74, 6) is -0.830. The number of likely N-dealkylation sites (N-methyl/N-ethyl adjacent to an activating group) is 1. The van der Waals surface area contributed by atoms with Crippen LogP contribution < -0.4 is 4.90 Å². The summed E-state index contributed by atoms with van der Waals surface area (Å²) >= 11 is 6.15. The van der Waals surface area contributed by atoms with Gasteiger partial charge in [0.1, 0.15) is 0 Å². The van der Waals surface area contributed by atoms with E-state index in [2.05, 4.69) is 60.7 Å². The standard InChI is InChI=1S/C27H25ClN2O2/c1-16-13-22-25(19-9-11-20(28)12-10-19)21(14-24(31)32)17(2)26-27(22)30(16)15-23(29(26)3)18-7-5-4-6-8-18/h4-13,23H,14-15H2,1-3H3,(H,31,32). The second-order valence-electron chi connectivity index (χ2n) is 8.60. The number of nitrogens with zero attached hydrogens (tertiary/aromatic N) is 2. The largest absolute Gasteiger partial charge is 0.481 e. The van der Waals surface area contributed by atoms with Gasteiger partial charge in [-0.2, -0.15) is 0 Å². The summed E-state index contributed by atoms with van der Waals surface area (Å²) in [6.07, 6.45) is -0.0270. The minimum Gasteiger partial charge on any atom is -0.481 e. The molecule has 1 N–H and O–H groups in total. The second-order valence-corrected chi connectivity index (χ2v) is 9.04. The van der Waals surface area contributed by atoms with E-state index in [0.717, 1.165) is 39.9 Å². The number of anilines is 1. The third kappa shape index (κ3) is 3.18. The van der Waals surface area contributed by atoms with Gasteiger partial charge in [0.25, 0.3) is 0 Å². The van der Waals surface area contributed by atoms with Crippen molar-refractivity contribution in [3.63, 3.8) is 0 Å². The molecule has 0 saturated heterocycles. The molecule has 0 bridgehead atoms. The lowest BCUT2D eigenvalue weighted by molar-refractivity contribution is -0.136. The average Bonchev–Trinajstić information content (AvgIpc) is 3.09. The Labute approximate surface area is 192 Å². The molecule has 1 aromatic heterocycles. The molecule has 1 aliphatic heterocycles. The Bertz CT molecular complexity index is 1340. The molecule has 0 spiro atoms. The van der Waals surface area contributed by atoms with E-state index in [9.17, 15) is 9.90 Å². The lowest BCUT2D eigenvalue weighted by Crippen LogP contribution is -2.33. The van der Waals surface area contributed by atoms with Crippen molar-refractivity contribution in [1.29, 1.82) is 0 Å². The molecule has 32 heavy (non-hydrogen) atoms. The summed E-state index contributed by atoms with van der Waals surface area (Å²) < 4.78 is 2.39. The molecule has 0 fully saturated rings. The van der Waals surface area contributed by atoms with Crippen LogP contribution in [0, 0.1) is 13.8 Å². The monoisotopic (exact) mass is 444 g/mol. The van der Waals surface area contributed by atoms with E-state index in [1.165, 1.54) is 16.8 Å². The maximum Gasteiger partial charge on any atom is 0.307 e. The maximum absolute atomic E-state index is 11.9. The van der Waals surface area contributed by atoms with Crippen molar-refractivity contribution in [3.05, 3.63) is 88.1 Å². The topological polar surface area (TPSA) is 45.5 Å². The first-order valence-corrected chi connectivity index (χ1v) is 11.2. The molecular weight excluding hydrogens is 420 g/mol. The third-order valence-corrected chi connectivity index (χ3v) is 6.98. The van der Waals surface area contributed by atoms with Crippen molar-refractivity contribution >= 4 is 34.2 Å². The van der Waals surface area contributed by atoms with Crippen molar-refractivity contribution in [2.45, 2.75) is 32.9 Å². The molecule has 0 radical (unpaired) electrons. The van der Waals surface area contributed by atoms with Gasteiger partial charge in [0.2, 0.25) is 0 Å². The summed E-state index contributed by atoms with van der Waals surface area (Å²) in [7, 11) is 2.12. The summed E-state index contributed by atoms with van der Waals surface area (Å²) in [6, 6.07) is 20.6. The number of hydrogen-bond acceptors (Lipinski definition) is 2. The van der Waals surface area contributed by atoms with Crippen LogP contribution in [0.25, 0.3) is 22.0 Å². The number of carboxylic acid groups (broad SMARTS) is 1. The highest BCUT2D eigenvalue weighted by Gasteiger charge is 2.32. The fourth-order valence-corrected chi connectivity index (χ4v) is 5.36. The number of aryl methyl sites for hydroxylation is 1. The first-order chi connectivity index (χ1) is 15.4. The highest BCUT2D eigenvalue weighted by Crippen LogP contribution is 2.47. The molecule has 4 aromatic rings. The van der Waals surface area contributed by atoms with E-state index < -0.39 is 5.97 Å². The van der Waals surface area contributed by atoms with Gasteiger partial charge in [0, 0.05) is 29.7 Å². The van der Waals surface area contributed by atoms with Crippen LogP contribution in [0.1, 0.15) is 28.4 Å². The van der Waals surface area contributed by atoms with Gasteiger partial charge in [-0.05, 0) is 59.9 Å². The predicted molar refractivity (Wildman–Crippen MR) is 131 cm³/mol. The van der Waals surface area contributed by atoms with Crippen LogP contribution in [0.3, 0.4) is 0 Å².